The summed E-state index contributed by atoms with van der Waals surface area (Å²) < 4.78 is 7.53. The molecule has 1 amide bonds. The minimum absolute atomic E-state index is 0.173. The van der Waals surface area contributed by atoms with Crippen molar-refractivity contribution in [1.82, 2.24) is 4.57 Å². The van der Waals surface area contributed by atoms with E-state index in [1.165, 1.54) is 27.0 Å². The largest absolute Gasteiger partial charge is 0.495 e. The van der Waals surface area contributed by atoms with Crippen LogP contribution in [0.5, 0.6) is 17.5 Å². The maximum Gasteiger partial charge on any atom is 0.248 e. The summed E-state index contributed by atoms with van der Waals surface area (Å²) in [5.74, 6) is -0.0655. The summed E-state index contributed by atoms with van der Waals surface area (Å²) in [6.07, 6.45) is 0. The number of benzene rings is 1. The van der Waals surface area contributed by atoms with E-state index in [9.17, 15) is 15.0 Å². The van der Waals surface area contributed by atoms with Crippen molar-refractivity contribution in [3.05, 3.63) is 39.0 Å². The van der Waals surface area contributed by atoms with Gasteiger partial charge in [-0.25, -0.2) is 0 Å². The van der Waals surface area contributed by atoms with Gasteiger partial charge in [0.2, 0.25) is 5.91 Å². The fourth-order valence-corrected chi connectivity index (χ4v) is 6.93. The normalized spacial score (nSPS) is 14.5. The Morgan fingerprint density at radius 2 is 1.86 bits per heavy atom. The summed E-state index contributed by atoms with van der Waals surface area (Å²) >= 11 is 5.58. The maximum atomic E-state index is 13.4. The van der Waals surface area contributed by atoms with Gasteiger partial charge in [0, 0.05) is 23.3 Å². The van der Waals surface area contributed by atoms with Crippen molar-refractivity contribution in [1.29, 1.82) is 0 Å². The highest BCUT2D eigenvalue weighted by molar-refractivity contribution is 7.80. The van der Waals surface area contributed by atoms with Crippen LogP contribution in [-0.4, -0.2) is 27.8 Å². The maximum absolute atomic E-state index is 13.4. The summed E-state index contributed by atoms with van der Waals surface area (Å²) in [6, 6.07) is 8.32. The van der Waals surface area contributed by atoms with Gasteiger partial charge >= 0.3 is 0 Å². The minimum Gasteiger partial charge on any atom is -0.495 e. The summed E-state index contributed by atoms with van der Waals surface area (Å²) in [5.41, 5.74) is 1.80. The number of anilines is 1. The van der Waals surface area contributed by atoms with Crippen molar-refractivity contribution < 1.29 is 19.7 Å². The zero-order valence-corrected chi connectivity index (χ0v) is 17.9. The molecule has 146 valence electrons. The van der Waals surface area contributed by atoms with Gasteiger partial charge in [0.05, 0.1) is 23.2 Å². The van der Waals surface area contributed by atoms with Gasteiger partial charge < -0.3 is 14.9 Å². The second-order valence-corrected chi connectivity index (χ2v) is 9.76. The number of amides is 1. The predicted molar refractivity (Wildman–Crippen MR) is 113 cm³/mol. The van der Waals surface area contributed by atoms with Crippen LogP contribution >= 0.6 is 32.9 Å². The van der Waals surface area contributed by atoms with Crippen molar-refractivity contribution in [3.8, 4) is 28.6 Å². The number of rotatable bonds is 3. The molecule has 0 radical (unpaired) electrons. The first kappa shape index (κ1) is 19.0. The van der Waals surface area contributed by atoms with E-state index >= 15 is 0 Å². The summed E-state index contributed by atoms with van der Waals surface area (Å²) in [7, 11) is 4.65. The first-order valence-electron chi connectivity index (χ1n) is 8.49. The van der Waals surface area contributed by atoms with E-state index < -0.39 is 5.54 Å². The van der Waals surface area contributed by atoms with Gasteiger partial charge in [-0.3, -0.25) is 14.3 Å². The van der Waals surface area contributed by atoms with Crippen molar-refractivity contribution in [2.45, 2.75) is 25.9 Å². The van der Waals surface area contributed by atoms with Crippen LogP contribution in [0.15, 0.2) is 30.3 Å². The molecule has 0 unspecified atom stereocenters. The molecule has 28 heavy (non-hydrogen) atoms. The highest BCUT2D eigenvalue weighted by Crippen LogP contribution is 2.54. The van der Waals surface area contributed by atoms with E-state index in [0.717, 1.165) is 19.8 Å². The van der Waals surface area contributed by atoms with Crippen molar-refractivity contribution in [2.75, 3.05) is 12.0 Å². The molecule has 1 aliphatic heterocycles. The highest BCUT2D eigenvalue weighted by Gasteiger charge is 2.44. The second kappa shape index (κ2) is 6.61. The fraction of sp³-hybridized carbons (Fsp3) is 0.263. The van der Waals surface area contributed by atoms with E-state index in [4.69, 9.17) is 17.0 Å². The Morgan fingerprint density at radius 3 is 2.50 bits per heavy atom. The number of carbonyl (C=O) groups is 1. The summed E-state index contributed by atoms with van der Waals surface area (Å²) in [4.78, 5) is 16.1. The molecule has 2 aromatic heterocycles. The fourth-order valence-electron chi connectivity index (χ4n) is 3.65. The zero-order chi connectivity index (χ0) is 20.2. The third-order valence-corrected chi connectivity index (χ3v) is 8.27. The number of methoxy groups -OCH3 is 1. The Labute approximate surface area is 174 Å². The SMILES string of the molecule is COc1cccc2c1N(C(=O)Cn1c(O)ccc1O)C(C)(C)c1ssc(=S)c1-2. The molecular formula is C19H18N2O4S3. The molecule has 0 spiro atoms. The lowest BCUT2D eigenvalue weighted by Crippen LogP contribution is -2.49. The molecule has 0 saturated heterocycles. The van der Waals surface area contributed by atoms with Crippen LogP contribution in [0.2, 0.25) is 0 Å². The molecule has 0 aliphatic carbocycles. The summed E-state index contributed by atoms with van der Waals surface area (Å²) in [6.45, 7) is 3.72. The molecule has 0 saturated carbocycles. The van der Waals surface area contributed by atoms with Crippen LogP contribution in [0.25, 0.3) is 11.1 Å². The van der Waals surface area contributed by atoms with Crippen LogP contribution in [0.3, 0.4) is 0 Å². The Kier molecular flexibility index (Phi) is 4.48. The van der Waals surface area contributed by atoms with Crippen LogP contribution in [0.1, 0.15) is 18.7 Å². The molecule has 1 aromatic carbocycles. The Morgan fingerprint density at radius 1 is 1.18 bits per heavy atom. The van der Waals surface area contributed by atoms with E-state index in [1.807, 2.05) is 32.0 Å². The molecule has 9 heteroatoms. The van der Waals surface area contributed by atoms with Gasteiger partial charge in [-0.15, -0.1) is 0 Å². The molecule has 3 heterocycles. The number of aromatic nitrogens is 1. The monoisotopic (exact) mass is 434 g/mol. The van der Waals surface area contributed by atoms with Crippen LogP contribution in [-0.2, 0) is 16.9 Å². The highest BCUT2D eigenvalue weighted by atomic mass is 32.9. The standard InChI is InChI=1S/C19H18N2O4S3/c1-19(2)17-15(18(26)28-27-17)10-5-4-6-11(25-3)16(10)21(19)14(24)9-20-12(22)7-8-13(20)23/h4-8,22-23H,9H2,1-3H3. The van der Waals surface area contributed by atoms with E-state index in [0.29, 0.717) is 11.4 Å². The van der Waals surface area contributed by atoms with Gasteiger partial charge in [0.25, 0.3) is 0 Å². The first-order valence-corrected chi connectivity index (χ1v) is 11.0. The smallest absolute Gasteiger partial charge is 0.248 e. The lowest BCUT2D eigenvalue weighted by atomic mass is 9.87. The zero-order valence-electron chi connectivity index (χ0n) is 15.4. The Balaban J connectivity index is 1.92. The third-order valence-electron chi connectivity index (χ3n) is 4.94. The molecule has 2 N–H and O–H groups in total. The number of fused-ring (bicyclic) bond motifs is 3. The molecule has 0 atom stereocenters. The van der Waals surface area contributed by atoms with Crippen LogP contribution < -0.4 is 9.64 Å². The number of para-hydroxylation sites is 1. The van der Waals surface area contributed by atoms with Crippen LogP contribution in [0.4, 0.5) is 5.69 Å². The van der Waals surface area contributed by atoms with Gasteiger partial charge in [0.1, 0.15) is 16.1 Å². The molecule has 3 aromatic rings. The van der Waals surface area contributed by atoms with Crippen LogP contribution in [0, 0.1) is 3.82 Å². The topological polar surface area (TPSA) is 74.9 Å². The molecule has 1 aliphatic rings. The van der Waals surface area contributed by atoms with Gasteiger partial charge in [0.15, 0.2) is 11.8 Å². The van der Waals surface area contributed by atoms with E-state index in [-0.39, 0.29) is 24.2 Å². The number of hydrogen-bond acceptors (Lipinski definition) is 7. The third kappa shape index (κ3) is 2.65. The summed E-state index contributed by atoms with van der Waals surface area (Å²) in [5, 5.41) is 19.9. The minimum atomic E-state index is -0.676. The lowest BCUT2D eigenvalue weighted by molar-refractivity contribution is -0.120. The van der Waals surface area contributed by atoms with Gasteiger partial charge in [-0.1, -0.05) is 45.0 Å². The molecular weight excluding hydrogens is 416 g/mol. The lowest BCUT2D eigenvalue weighted by Gasteiger charge is -2.43. The van der Waals surface area contributed by atoms with Crippen molar-refractivity contribution >= 4 is 44.5 Å². The van der Waals surface area contributed by atoms with Crippen molar-refractivity contribution in [2.24, 2.45) is 0 Å². The van der Waals surface area contributed by atoms with E-state index in [2.05, 4.69) is 0 Å². The van der Waals surface area contributed by atoms with Gasteiger partial charge in [-0.2, -0.15) is 0 Å². The van der Waals surface area contributed by atoms with E-state index in [1.54, 1.807) is 22.4 Å². The van der Waals surface area contributed by atoms with Gasteiger partial charge in [-0.05, 0) is 19.9 Å². The Hall–Kier alpha value is -2.36. The average molecular weight is 435 g/mol. The number of hydrogen-bond donors (Lipinski definition) is 2. The molecule has 0 bridgehead atoms. The Bertz CT molecular complexity index is 1120. The molecule has 4 rings (SSSR count). The molecule has 6 nitrogen and oxygen atoms in total. The number of ether oxygens (including phenoxy) is 1. The number of carbonyl (C=O) groups excluding carboxylic acids is 1. The average Bonchev–Trinajstić information content (AvgIpc) is 3.19. The molecule has 0 fully saturated rings. The number of nitrogens with zero attached hydrogens (tertiary/aromatic N) is 2. The predicted octanol–water partition coefficient (Wildman–Crippen LogP) is 4.71. The quantitative estimate of drug-likeness (QED) is 0.461. The van der Waals surface area contributed by atoms with Crippen molar-refractivity contribution in [3.63, 3.8) is 0 Å². The first-order chi connectivity index (χ1) is 13.3. The number of aromatic hydroxyl groups is 2. The second-order valence-electron chi connectivity index (χ2n) is 6.94.